The van der Waals surface area contributed by atoms with Crippen LogP contribution in [0.1, 0.15) is 18.2 Å². The van der Waals surface area contributed by atoms with Crippen LogP contribution in [-0.4, -0.2) is 6.54 Å². The third-order valence-corrected chi connectivity index (χ3v) is 2.42. The molecule has 4 heteroatoms. The number of hydrogen-bond acceptors (Lipinski definition) is 1. The maximum absolute atomic E-state index is 13.3. The summed E-state index contributed by atoms with van der Waals surface area (Å²) in [4.78, 5) is 0. The topological polar surface area (TPSA) is 26.0 Å². The van der Waals surface area contributed by atoms with Crippen molar-refractivity contribution in [3.63, 3.8) is 0 Å². The van der Waals surface area contributed by atoms with Crippen molar-refractivity contribution in [3.8, 4) is 0 Å². The van der Waals surface area contributed by atoms with Crippen LogP contribution in [-0.2, 0) is 0 Å². The van der Waals surface area contributed by atoms with Crippen LogP contribution >= 0.6 is 15.9 Å². The van der Waals surface area contributed by atoms with Gasteiger partial charge in [0.2, 0.25) is 0 Å². The van der Waals surface area contributed by atoms with E-state index in [1.807, 2.05) is 0 Å². The molecule has 0 saturated heterocycles. The molecule has 0 aliphatic carbocycles. The number of benzene rings is 1. The molecule has 1 rings (SSSR count). The highest BCUT2D eigenvalue weighted by Crippen LogP contribution is 2.30. The van der Waals surface area contributed by atoms with Crippen molar-refractivity contribution in [2.24, 2.45) is 5.73 Å². The normalized spacial score (nSPS) is 12.9. The first-order valence-corrected chi connectivity index (χ1v) is 4.74. The Labute approximate surface area is 84.1 Å². The van der Waals surface area contributed by atoms with Gasteiger partial charge in [0.1, 0.15) is 12.0 Å². The Hall–Kier alpha value is -0.480. The molecule has 0 fully saturated rings. The molecule has 0 radical (unpaired) electrons. The van der Waals surface area contributed by atoms with Gasteiger partial charge in [-0.25, -0.2) is 8.78 Å². The van der Waals surface area contributed by atoms with E-state index < -0.39 is 12.0 Å². The average molecular weight is 250 g/mol. The predicted molar refractivity (Wildman–Crippen MR) is 51.6 cm³/mol. The first-order chi connectivity index (χ1) is 6.16. The van der Waals surface area contributed by atoms with Crippen LogP contribution in [0.15, 0.2) is 22.7 Å². The van der Waals surface area contributed by atoms with Gasteiger partial charge in [0, 0.05) is 10.0 Å². The fraction of sp³-hybridized carbons (Fsp3) is 0.333. The Morgan fingerprint density at radius 1 is 1.46 bits per heavy atom. The molecule has 0 aliphatic heterocycles. The van der Waals surface area contributed by atoms with Gasteiger partial charge in [-0.05, 0) is 25.1 Å². The molecule has 1 unspecified atom stereocenters. The van der Waals surface area contributed by atoms with E-state index in [1.165, 1.54) is 12.1 Å². The Kier molecular flexibility index (Phi) is 3.81. The van der Waals surface area contributed by atoms with Crippen LogP contribution in [0.5, 0.6) is 0 Å². The lowest BCUT2D eigenvalue weighted by molar-refractivity contribution is 0.316. The summed E-state index contributed by atoms with van der Waals surface area (Å²) in [6, 6.07) is 4.38. The first kappa shape index (κ1) is 10.6. The van der Waals surface area contributed by atoms with Crippen molar-refractivity contribution in [1.82, 2.24) is 0 Å². The zero-order chi connectivity index (χ0) is 9.84. The molecular formula is C9H10BrF2N. The molecule has 72 valence electrons. The van der Waals surface area contributed by atoms with Crippen molar-refractivity contribution in [2.45, 2.75) is 12.6 Å². The minimum absolute atomic E-state index is 0.0629. The highest BCUT2D eigenvalue weighted by molar-refractivity contribution is 9.10. The SMILES string of the molecule is NCCC(F)c1c(F)cccc1Br. The summed E-state index contributed by atoms with van der Waals surface area (Å²) < 4.78 is 26.9. The Bertz CT molecular complexity index is 271. The standard InChI is InChI=1S/C9H10BrF2N/c10-6-2-1-3-7(11)9(6)8(12)4-5-13/h1-3,8H,4-5,13H2. The van der Waals surface area contributed by atoms with Crippen LogP contribution in [0.25, 0.3) is 0 Å². The lowest BCUT2D eigenvalue weighted by atomic mass is 10.1. The summed E-state index contributed by atoms with van der Waals surface area (Å²) in [6.07, 6.45) is -1.19. The Morgan fingerprint density at radius 3 is 2.69 bits per heavy atom. The molecule has 0 aromatic heterocycles. The highest BCUT2D eigenvalue weighted by atomic mass is 79.9. The van der Waals surface area contributed by atoms with Crippen LogP contribution in [0.3, 0.4) is 0 Å². The van der Waals surface area contributed by atoms with E-state index in [2.05, 4.69) is 15.9 Å². The van der Waals surface area contributed by atoms with Gasteiger partial charge in [-0.1, -0.05) is 22.0 Å². The van der Waals surface area contributed by atoms with Crippen molar-refractivity contribution in [1.29, 1.82) is 0 Å². The number of halogens is 3. The van der Waals surface area contributed by atoms with E-state index in [0.29, 0.717) is 4.47 Å². The maximum Gasteiger partial charge on any atom is 0.130 e. The third-order valence-electron chi connectivity index (χ3n) is 1.73. The molecule has 1 atom stereocenters. The lowest BCUT2D eigenvalue weighted by Crippen LogP contribution is -2.05. The largest absolute Gasteiger partial charge is 0.330 e. The molecule has 1 aromatic rings. The van der Waals surface area contributed by atoms with Gasteiger partial charge in [-0.3, -0.25) is 0 Å². The van der Waals surface area contributed by atoms with Gasteiger partial charge in [0.05, 0.1) is 0 Å². The number of rotatable bonds is 3. The van der Waals surface area contributed by atoms with Crippen molar-refractivity contribution in [3.05, 3.63) is 34.1 Å². The molecule has 2 N–H and O–H groups in total. The summed E-state index contributed by atoms with van der Waals surface area (Å²) in [5, 5.41) is 0. The quantitative estimate of drug-likeness (QED) is 0.876. The number of hydrogen-bond donors (Lipinski definition) is 1. The monoisotopic (exact) mass is 249 g/mol. The van der Waals surface area contributed by atoms with E-state index in [0.717, 1.165) is 0 Å². The van der Waals surface area contributed by atoms with Crippen molar-refractivity contribution in [2.75, 3.05) is 6.54 Å². The minimum Gasteiger partial charge on any atom is -0.330 e. The molecule has 0 amide bonds. The molecule has 0 aliphatic rings. The van der Waals surface area contributed by atoms with Crippen LogP contribution in [0, 0.1) is 5.82 Å². The second-order valence-corrected chi connectivity index (χ2v) is 3.53. The Morgan fingerprint density at radius 2 is 2.15 bits per heavy atom. The first-order valence-electron chi connectivity index (χ1n) is 3.95. The van der Waals surface area contributed by atoms with Gasteiger partial charge < -0.3 is 5.73 Å². The Balaban J connectivity index is 2.98. The van der Waals surface area contributed by atoms with Crippen molar-refractivity contribution < 1.29 is 8.78 Å². The molecule has 1 nitrogen and oxygen atoms in total. The van der Waals surface area contributed by atoms with Crippen LogP contribution in [0.2, 0.25) is 0 Å². The van der Waals surface area contributed by atoms with Gasteiger partial charge in [0.25, 0.3) is 0 Å². The highest BCUT2D eigenvalue weighted by Gasteiger charge is 2.16. The fourth-order valence-corrected chi connectivity index (χ4v) is 1.69. The predicted octanol–water partition coefficient (Wildman–Crippen LogP) is 2.95. The molecule has 0 saturated carbocycles. The van der Waals surface area contributed by atoms with Gasteiger partial charge in [-0.2, -0.15) is 0 Å². The molecule has 0 heterocycles. The van der Waals surface area contributed by atoms with Crippen LogP contribution in [0.4, 0.5) is 8.78 Å². The second-order valence-electron chi connectivity index (χ2n) is 2.68. The van der Waals surface area contributed by atoms with Crippen molar-refractivity contribution >= 4 is 15.9 Å². The second kappa shape index (κ2) is 4.67. The summed E-state index contributed by atoms with van der Waals surface area (Å²) in [5.41, 5.74) is 5.25. The minimum atomic E-state index is -1.33. The molecule has 0 bridgehead atoms. The summed E-state index contributed by atoms with van der Waals surface area (Å²) in [7, 11) is 0. The van der Waals surface area contributed by atoms with E-state index in [-0.39, 0.29) is 18.5 Å². The zero-order valence-electron chi connectivity index (χ0n) is 6.93. The number of nitrogens with two attached hydrogens (primary N) is 1. The molecule has 13 heavy (non-hydrogen) atoms. The van der Waals surface area contributed by atoms with E-state index in [1.54, 1.807) is 6.07 Å². The van der Waals surface area contributed by atoms with E-state index in [4.69, 9.17) is 5.73 Å². The summed E-state index contributed by atoms with van der Waals surface area (Å²) >= 11 is 3.10. The molecule has 1 aromatic carbocycles. The lowest BCUT2D eigenvalue weighted by Gasteiger charge is -2.09. The van der Waals surface area contributed by atoms with Crippen LogP contribution < -0.4 is 5.73 Å². The maximum atomic E-state index is 13.3. The zero-order valence-corrected chi connectivity index (χ0v) is 8.52. The van der Waals surface area contributed by atoms with Gasteiger partial charge >= 0.3 is 0 Å². The average Bonchev–Trinajstić information content (AvgIpc) is 2.04. The third kappa shape index (κ3) is 2.48. The molecule has 0 spiro atoms. The smallest absolute Gasteiger partial charge is 0.130 e. The van der Waals surface area contributed by atoms with Gasteiger partial charge in [-0.15, -0.1) is 0 Å². The summed E-state index contributed by atoms with van der Waals surface area (Å²) in [5.74, 6) is -0.532. The molecular weight excluding hydrogens is 240 g/mol. The summed E-state index contributed by atoms with van der Waals surface area (Å²) in [6.45, 7) is 0.210. The fourth-order valence-electron chi connectivity index (χ4n) is 1.10. The van der Waals surface area contributed by atoms with E-state index >= 15 is 0 Å². The van der Waals surface area contributed by atoms with Gasteiger partial charge in [0.15, 0.2) is 0 Å². The van der Waals surface area contributed by atoms with E-state index in [9.17, 15) is 8.78 Å². The number of alkyl halides is 1.